The molecule has 1 aromatic carbocycles. The number of fused-ring (bicyclic) bond motifs is 4. The van der Waals surface area contributed by atoms with Gasteiger partial charge >= 0.3 is 0 Å². The molecule has 1 aromatic rings. The minimum atomic E-state index is -2.57. The van der Waals surface area contributed by atoms with Gasteiger partial charge in [0.2, 0.25) is 5.78 Å². The van der Waals surface area contributed by atoms with Gasteiger partial charge in [-0.3, -0.25) is 19.3 Å². The quantitative estimate of drug-likeness (QED) is 0.402. The van der Waals surface area contributed by atoms with Gasteiger partial charge in [-0.15, -0.1) is 0 Å². The van der Waals surface area contributed by atoms with E-state index in [1.165, 1.54) is 6.07 Å². The van der Waals surface area contributed by atoms with E-state index in [9.17, 15) is 34.8 Å². The molecule has 5 aliphatic rings. The molecule has 1 aliphatic heterocycles. The Hall–Kier alpha value is -3.17. The van der Waals surface area contributed by atoms with Crippen LogP contribution in [0.5, 0.6) is 5.75 Å². The van der Waals surface area contributed by atoms with E-state index in [1.807, 2.05) is 4.90 Å². The van der Waals surface area contributed by atoms with Crippen LogP contribution in [0.2, 0.25) is 0 Å². The first-order valence-corrected chi connectivity index (χ1v) is 11.2. The molecule has 0 bridgehead atoms. The lowest BCUT2D eigenvalue weighted by Crippen LogP contribution is -2.66. The predicted octanol–water partition coefficient (Wildman–Crippen LogP) is 0.354. The number of amides is 1. The van der Waals surface area contributed by atoms with Gasteiger partial charge in [0, 0.05) is 24.6 Å². The fraction of sp³-hybridized carbons (Fsp3) is 0.458. The number of ketones is 2. The van der Waals surface area contributed by atoms with E-state index in [1.54, 1.807) is 12.1 Å². The van der Waals surface area contributed by atoms with Crippen LogP contribution in [-0.2, 0) is 20.8 Å². The van der Waals surface area contributed by atoms with Crippen molar-refractivity contribution in [3.05, 3.63) is 46.2 Å². The average molecular weight is 452 g/mol. The third-order valence-electron chi connectivity index (χ3n) is 8.30. The molecule has 6 rings (SSSR count). The van der Waals surface area contributed by atoms with Crippen molar-refractivity contribution in [2.75, 3.05) is 13.1 Å². The first kappa shape index (κ1) is 20.4. The number of aromatic hydroxyl groups is 1. The zero-order valence-electron chi connectivity index (χ0n) is 17.7. The normalized spacial score (nSPS) is 37.4. The summed E-state index contributed by atoms with van der Waals surface area (Å²) in [5.41, 5.74) is 2.72. The number of nitrogens with two attached hydrogens (primary N) is 1. The van der Waals surface area contributed by atoms with E-state index in [4.69, 9.17) is 5.73 Å². The van der Waals surface area contributed by atoms with Gasteiger partial charge in [0.05, 0.1) is 11.6 Å². The van der Waals surface area contributed by atoms with Crippen LogP contribution in [0.4, 0.5) is 0 Å². The summed E-state index contributed by atoms with van der Waals surface area (Å²) < 4.78 is 0. The highest BCUT2D eigenvalue weighted by atomic mass is 16.3. The summed E-state index contributed by atoms with van der Waals surface area (Å²) in [5.74, 6) is -5.18. The number of aliphatic hydroxyl groups is 3. The summed E-state index contributed by atoms with van der Waals surface area (Å²) in [6.07, 6.45) is 1.52. The molecule has 1 amide bonds. The van der Waals surface area contributed by atoms with Crippen LogP contribution in [0.3, 0.4) is 0 Å². The topological polar surface area (TPSA) is 161 Å². The van der Waals surface area contributed by atoms with Gasteiger partial charge < -0.3 is 26.2 Å². The number of carbonyl (C=O) groups excluding carboxylic acids is 3. The third kappa shape index (κ3) is 2.52. The predicted molar refractivity (Wildman–Crippen MR) is 114 cm³/mol. The minimum absolute atomic E-state index is 0.112. The Morgan fingerprint density at radius 3 is 2.45 bits per heavy atom. The number of benzene rings is 1. The molecule has 0 radical (unpaired) electrons. The van der Waals surface area contributed by atoms with Crippen LogP contribution < -0.4 is 5.73 Å². The van der Waals surface area contributed by atoms with Gasteiger partial charge in [0.25, 0.3) is 5.91 Å². The van der Waals surface area contributed by atoms with Gasteiger partial charge in [-0.1, -0.05) is 12.1 Å². The molecular weight excluding hydrogens is 428 g/mol. The van der Waals surface area contributed by atoms with Crippen LogP contribution >= 0.6 is 0 Å². The highest BCUT2D eigenvalue weighted by Crippen LogP contribution is 2.54. The number of hydrogen-bond acceptors (Lipinski definition) is 8. The van der Waals surface area contributed by atoms with E-state index in [0.717, 1.165) is 6.42 Å². The number of piperidine rings is 1. The Labute approximate surface area is 188 Å². The number of aliphatic hydroxyl groups excluding tert-OH is 2. The second kappa shape index (κ2) is 6.45. The molecule has 172 valence electrons. The van der Waals surface area contributed by atoms with Crippen molar-refractivity contribution in [1.29, 1.82) is 0 Å². The van der Waals surface area contributed by atoms with Gasteiger partial charge in [0.15, 0.2) is 11.4 Å². The largest absolute Gasteiger partial charge is 0.508 e. The molecule has 6 unspecified atom stereocenters. The molecule has 9 heteroatoms. The molecule has 33 heavy (non-hydrogen) atoms. The number of phenolic OH excluding ortho intramolecular Hbond substituents is 1. The molecule has 4 aliphatic carbocycles. The van der Waals surface area contributed by atoms with Crippen LogP contribution in [0, 0.1) is 23.7 Å². The Balaban J connectivity index is 1.53. The lowest BCUT2D eigenvalue weighted by Gasteiger charge is -2.51. The van der Waals surface area contributed by atoms with Crippen LogP contribution in [0.1, 0.15) is 24.0 Å². The number of nitrogens with zero attached hydrogens (tertiary/aromatic N) is 1. The zero-order chi connectivity index (χ0) is 23.4. The van der Waals surface area contributed by atoms with Crippen molar-refractivity contribution < 1.29 is 34.8 Å². The van der Waals surface area contributed by atoms with E-state index < -0.39 is 58.0 Å². The van der Waals surface area contributed by atoms with Crippen molar-refractivity contribution in [2.45, 2.75) is 30.9 Å². The van der Waals surface area contributed by atoms with Gasteiger partial charge in [-0.05, 0) is 48.6 Å². The third-order valence-corrected chi connectivity index (χ3v) is 8.30. The molecule has 1 heterocycles. The maximum atomic E-state index is 13.7. The highest BCUT2D eigenvalue weighted by Gasteiger charge is 2.65. The van der Waals surface area contributed by atoms with Crippen LogP contribution in [0.15, 0.2) is 35.1 Å². The molecule has 6 atom stereocenters. The molecular formula is C24H24N2O7. The molecule has 2 saturated carbocycles. The minimum Gasteiger partial charge on any atom is -0.508 e. The smallest absolute Gasteiger partial charge is 0.255 e. The summed E-state index contributed by atoms with van der Waals surface area (Å²) in [6, 6.07) is 3.80. The number of likely N-dealkylation sites (tertiary alicyclic amines) is 1. The number of phenols is 1. The lowest BCUT2D eigenvalue weighted by molar-refractivity contribution is -0.154. The Morgan fingerprint density at radius 1 is 1.09 bits per heavy atom. The van der Waals surface area contributed by atoms with E-state index >= 15 is 0 Å². The maximum absolute atomic E-state index is 13.7. The molecule has 9 nitrogen and oxygen atoms in total. The van der Waals surface area contributed by atoms with Crippen molar-refractivity contribution in [1.82, 2.24) is 4.90 Å². The number of carbonyl (C=O) groups is 3. The van der Waals surface area contributed by atoms with Crippen molar-refractivity contribution >= 4 is 23.2 Å². The summed E-state index contributed by atoms with van der Waals surface area (Å²) in [6.45, 7) is 1.23. The molecule has 3 fully saturated rings. The van der Waals surface area contributed by atoms with Gasteiger partial charge in [-0.2, -0.15) is 0 Å². The van der Waals surface area contributed by atoms with Crippen molar-refractivity contribution in [3.8, 4) is 5.75 Å². The second-order valence-corrected chi connectivity index (χ2v) is 10.0. The summed E-state index contributed by atoms with van der Waals surface area (Å²) in [5, 5.41) is 43.8. The van der Waals surface area contributed by atoms with Crippen molar-refractivity contribution in [3.63, 3.8) is 0 Å². The monoisotopic (exact) mass is 452 g/mol. The van der Waals surface area contributed by atoms with Gasteiger partial charge in [0.1, 0.15) is 22.8 Å². The number of rotatable bonds is 2. The maximum Gasteiger partial charge on any atom is 0.255 e. The van der Waals surface area contributed by atoms with E-state index in [0.29, 0.717) is 36.9 Å². The molecule has 1 saturated heterocycles. The van der Waals surface area contributed by atoms with Gasteiger partial charge in [-0.25, -0.2) is 0 Å². The van der Waals surface area contributed by atoms with E-state index in [2.05, 4.69) is 0 Å². The SMILES string of the molecule is NC(=O)C1=C(O)C2(O)C(=O)C3=C(O)c4c(O)cccc4CC3CC2C(N2CC3CC3C2)C1=O. The first-order chi connectivity index (χ1) is 15.6. The molecule has 6 N–H and O–H groups in total. The Bertz CT molecular complexity index is 1210. The van der Waals surface area contributed by atoms with Crippen molar-refractivity contribution in [2.24, 2.45) is 29.4 Å². The number of primary amides is 1. The van der Waals surface area contributed by atoms with E-state index in [-0.39, 0.29) is 23.3 Å². The van der Waals surface area contributed by atoms with Crippen LogP contribution in [0.25, 0.3) is 5.76 Å². The highest BCUT2D eigenvalue weighted by molar-refractivity contribution is 6.24. The Kier molecular flexibility index (Phi) is 4.00. The standard InChI is InChI=1S/C24H24N2O7/c25-23(32)17-20(29)18(26-7-11-5-12(11)8-26)13-6-10-4-9-2-1-3-14(27)15(9)19(28)16(10)21(30)24(13,33)22(17)31/h1-3,10-13,18,27-28,31,33H,4-8H2,(H2,25,32). The Morgan fingerprint density at radius 2 is 1.79 bits per heavy atom. The second-order valence-electron chi connectivity index (χ2n) is 10.0. The fourth-order valence-electron chi connectivity index (χ4n) is 6.67. The summed E-state index contributed by atoms with van der Waals surface area (Å²) in [7, 11) is 0. The number of hydrogen-bond donors (Lipinski definition) is 5. The summed E-state index contributed by atoms with van der Waals surface area (Å²) >= 11 is 0. The lowest BCUT2D eigenvalue weighted by atomic mass is 9.57. The zero-order valence-corrected chi connectivity index (χ0v) is 17.7. The first-order valence-electron chi connectivity index (χ1n) is 11.2. The molecule has 0 aromatic heterocycles. The average Bonchev–Trinajstić information content (AvgIpc) is 3.36. The fourth-order valence-corrected chi connectivity index (χ4v) is 6.67. The molecule has 0 spiro atoms. The number of Topliss-reactive ketones (excluding diaryl/α,β-unsaturated/α-hetero) is 2. The van der Waals surface area contributed by atoms with Crippen LogP contribution in [-0.4, -0.2) is 67.5 Å². The summed E-state index contributed by atoms with van der Waals surface area (Å²) in [4.78, 5) is 41.2.